The van der Waals surface area contributed by atoms with Gasteiger partial charge in [-0.05, 0) is 18.2 Å². The Morgan fingerprint density at radius 3 is 2.89 bits per heavy atom. The van der Waals surface area contributed by atoms with Crippen molar-refractivity contribution in [3.8, 4) is 0 Å². The van der Waals surface area contributed by atoms with Gasteiger partial charge in [-0.25, -0.2) is 4.39 Å². The fourth-order valence-corrected chi connectivity index (χ4v) is 2.19. The molecule has 0 aliphatic carbocycles. The molecule has 1 N–H and O–H groups in total. The zero-order valence-corrected chi connectivity index (χ0v) is 10.5. The highest BCUT2D eigenvalue weighted by atomic mass is 19.1. The molecule has 1 unspecified atom stereocenters. The minimum Gasteiger partial charge on any atom is -0.481 e. The number of hydrogen-bond acceptors (Lipinski definition) is 3. The number of carbonyl (C=O) groups excluding carboxylic acids is 1. The summed E-state index contributed by atoms with van der Waals surface area (Å²) in [5, 5.41) is 8.85. The van der Waals surface area contributed by atoms with Crippen molar-refractivity contribution in [2.45, 2.75) is 12.5 Å². The third kappa shape index (κ3) is 3.01. The summed E-state index contributed by atoms with van der Waals surface area (Å²) in [6.07, 6.45) is -0.117. The summed E-state index contributed by atoms with van der Waals surface area (Å²) in [5.74, 6) is -1.49. The second-order valence-electron chi connectivity index (χ2n) is 4.62. The van der Waals surface area contributed by atoms with Gasteiger partial charge < -0.3 is 14.9 Å². The van der Waals surface area contributed by atoms with Gasteiger partial charge in [0.05, 0.1) is 19.0 Å². The second-order valence-corrected chi connectivity index (χ2v) is 4.62. The van der Waals surface area contributed by atoms with Crippen LogP contribution >= 0.6 is 0 Å². The van der Waals surface area contributed by atoms with E-state index in [2.05, 4.69) is 0 Å². The highest BCUT2D eigenvalue weighted by molar-refractivity contribution is 5.84. The molecule has 1 saturated heterocycles. The molecule has 1 heterocycles. The highest BCUT2D eigenvalue weighted by Gasteiger charge is 2.31. The smallest absolute Gasteiger partial charge is 0.305 e. The molecule has 1 fully saturated rings. The summed E-state index contributed by atoms with van der Waals surface area (Å²) in [6, 6.07) is 5.55. The van der Waals surface area contributed by atoms with Crippen molar-refractivity contribution < 1.29 is 19.1 Å². The van der Waals surface area contributed by atoms with Crippen molar-refractivity contribution >= 4 is 17.6 Å². The quantitative estimate of drug-likeness (QED) is 0.884. The third-order valence-electron chi connectivity index (χ3n) is 3.28. The predicted molar refractivity (Wildman–Crippen MR) is 67.4 cm³/mol. The predicted octanol–water partition coefficient (Wildman–Crippen LogP) is 0.947. The molecule has 1 aromatic carbocycles. The Morgan fingerprint density at radius 1 is 1.53 bits per heavy atom. The molecule has 5 nitrogen and oxygen atoms in total. The van der Waals surface area contributed by atoms with Crippen molar-refractivity contribution in [3.05, 3.63) is 30.1 Å². The second kappa shape index (κ2) is 5.26. The molecule has 0 saturated carbocycles. The van der Waals surface area contributed by atoms with Crippen molar-refractivity contribution in [1.82, 2.24) is 4.90 Å². The van der Waals surface area contributed by atoms with E-state index in [1.165, 1.54) is 17.0 Å². The fraction of sp³-hybridized carbons (Fsp3) is 0.385. The van der Waals surface area contributed by atoms with Gasteiger partial charge in [-0.3, -0.25) is 9.59 Å². The molecule has 1 atom stereocenters. The van der Waals surface area contributed by atoms with Gasteiger partial charge in [-0.2, -0.15) is 0 Å². The molecule has 0 radical (unpaired) electrons. The molecule has 102 valence electrons. The Morgan fingerprint density at radius 2 is 2.26 bits per heavy atom. The molecular weight excluding hydrogens is 251 g/mol. The van der Waals surface area contributed by atoms with E-state index < -0.39 is 12.0 Å². The van der Waals surface area contributed by atoms with Crippen molar-refractivity contribution in [2.24, 2.45) is 0 Å². The largest absolute Gasteiger partial charge is 0.481 e. The Hall–Kier alpha value is -2.11. The first-order valence-electron chi connectivity index (χ1n) is 5.95. The normalized spacial score (nSPS) is 19.7. The van der Waals surface area contributed by atoms with Gasteiger partial charge in [0, 0.05) is 19.3 Å². The number of aliphatic carboxylic acids is 1. The molecule has 0 bridgehead atoms. The molecule has 1 aliphatic heterocycles. The van der Waals surface area contributed by atoms with Crippen LogP contribution in [0.4, 0.5) is 10.1 Å². The zero-order valence-electron chi connectivity index (χ0n) is 10.5. The van der Waals surface area contributed by atoms with Gasteiger partial charge in [0.2, 0.25) is 5.91 Å². The van der Waals surface area contributed by atoms with E-state index in [-0.39, 0.29) is 24.7 Å². The first kappa shape index (κ1) is 13.3. The van der Waals surface area contributed by atoms with E-state index in [0.29, 0.717) is 12.2 Å². The van der Waals surface area contributed by atoms with Crippen molar-refractivity contribution in [2.75, 3.05) is 25.0 Å². The van der Waals surface area contributed by atoms with Crippen LogP contribution in [0.5, 0.6) is 0 Å². The summed E-state index contributed by atoms with van der Waals surface area (Å²) in [4.78, 5) is 25.8. The van der Waals surface area contributed by atoms with Crippen molar-refractivity contribution in [1.29, 1.82) is 0 Å². The number of benzene rings is 1. The van der Waals surface area contributed by atoms with E-state index in [9.17, 15) is 14.0 Å². The van der Waals surface area contributed by atoms with Gasteiger partial charge in [0.25, 0.3) is 0 Å². The van der Waals surface area contributed by atoms with Crippen LogP contribution in [0.3, 0.4) is 0 Å². The number of piperazine rings is 1. The van der Waals surface area contributed by atoms with E-state index in [0.717, 1.165) is 0 Å². The number of rotatable bonds is 3. The lowest BCUT2D eigenvalue weighted by molar-refractivity contribution is -0.140. The molecule has 1 aliphatic rings. The molecule has 2 rings (SSSR count). The lowest BCUT2D eigenvalue weighted by Gasteiger charge is -2.39. The van der Waals surface area contributed by atoms with Gasteiger partial charge in [-0.1, -0.05) is 6.07 Å². The van der Waals surface area contributed by atoms with Gasteiger partial charge in [0.15, 0.2) is 0 Å². The number of hydrogen-bond donors (Lipinski definition) is 1. The van der Waals surface area contributed by atoms with E-state index in [4.69, 9.17) is 5.11 Å². The summed E-state index contributed by atoms with van der Waals surface area (Å²) in [7, 11) is 1.60. The first-order valence-corrected chi connectivity index (χ1v) is 5.95. The molecule has 19 heavy (non-hydrogen) atoms. The van der Waals surface area contributed by atoms with E-state index in [1.807, 2.05) is 0 Å². The topological polar surface area (TPSA) is 60.9 Å². The van der Waals surface area contributed by atoms with Gasteiger partial charge in [-0.15, -0.1) is 0 Å². The fourth-order valence-electron chi connectivity index (χ4n) is 2.19. The van der Waals surface area contributed by atoms with Crippen LogP contribution in [-0.2, 0) is 9.59 Å². The Kier molecular flexibility index (Phi) is 3.69. The lowest BCUT2D eigenvalue weighted by atomic mass is 10.1. The standard InChI is InChI=1S/C13H15FN2O3/c1-15-11(6-13(18)19)7-16(8-12(15)17)10-4-2-3-9(14)5-10/h2-5,11H,6-8H2,1H3,(H,18,19). The average molecular weight is 266 g/mol. The third-order valence-corrected chi connectivity index (χ3v) is 3.28. The first-order chi connectivity index (χ1) is 8.97. The summed E-state index contributed by atoms with van der Waals surface area (Å²) in [6.45, 7) is 0.522. The SMILES string of the molecule is CN1C(=O)CN(c2cccc(F)c2)CC1CC(=O)O. The number of carboxylic acid groups (broad SMARTS) is 1. The van der Waals surface area contributed by atoms with Gasteiger partial charge in [0.1, 0.15) is 5.82 Å². The molecule has 1 amide bonds. The number of likely N-dealkylation sites (N-methyl/N-ethyl adjacent to an activating group) is 1. The van der Waals surface area contributed by atoms with E-state index in [1.54, 1.807) is 24.1 Å². The minimum atomic E-state index is -0.953. The van der Waals surface area contributed by atoms with Crippen LogP contribution in [-0.4, -0.2) is 48.1 Å². The van der Waals surface area contributed by atoms with Crippen LogP contribution < -0.4 is 4.90 Å². The number of halogens is 1. The number of nitrogens with zero attached hydrogens (tertiary/aromatic N) is 2. The van der Waals surface area contributed by atoms with Crippen LogP contribution in [0.15, 0.2) is 24.3 Å². The van der Waals surface area contributed by atoms with Crippen molar-refractivity contribution in [3.63, 3.8) is 0 Å². The summed E-state index contributed by atoms with van der Waals surface area (Å²) >= 11 is 0. The van der Waals surface area contributed by atoms with Gasteiger partial charge >= 0.3 is 5.97 Å². The molecule has 6 heteroatoms. The summed E-state index contributed by atoms with van der Waals surface area (Å²) in [5.41, 5.74) is 0.594. The van der Waals surface area contributed by atoms with E-state index >= 15 is 0 Å². The Labute approximate surface area is 110 Å². The maximum atomic E-state index is 13.2. The molecular formula is C13H15FN2O3. The molecule has 0 spiro atoms. The average Bonchev–Trinajstić information content (AvgIpc) is 2.34. The number of carboxylic acids is 1. The van der Waals surface area contributed by atoms with Crippen LogP contribution in [0.2, 0.25) is 0 Å². The Bertz CT molecular complexity index is 506. The monoisotopic (exact) mass is 266 g/mol. The number of anilines is 1. The molecule has 1 aromatic rings. The minimum absolute atomic E-state index is 0.117. The van der Waals surface area contributed by atoms with Crippen LogP contribution in [0.25, 0.3) is 0 Å². The number of amides is 1. The highest BCUT2D eigenvalue weighted by Crippen LogP contribution is 2.21. The zero-order chi connectivity index (χ0) is 14.0. The lowest BCUT2D eigenvalue weighted by Crippen LogP contribution is -2.55. The maximum Gasteiger partial charge on any atom is 0.305 e. The van der Waals surface area contributed by atoms with Crippen LogP contribution in [0.1, 0.15) is 6.42 Å². The maximum absolute atomic E-state index is 13.2. The van der Waals surface area contributed by atoms with Crippen LogP contribution in [0, 0.1) is 5.82 Å². The Balaban J connectivity index is 2.19. The molecule has 0 aromatic heterocycles. The number of carbonyl (C=O) groups is 2. The summed E-state index contributed by atoms with van der Waals surface area (Å²) < 4.78 is 13.2.